The largest absolute Gasteiger partial charge is 0.296 e. The third-order valence-electron chi connectivity index (χ3n) is 3.59. The molecule has 0 aliphatic carbocycles. The summed E-state index contributed by atoms with van der Waals surface area (Å²) in [4.78, 5) is 18.1. The normalized spacial score (nSPS) is 19.1. The van der Waals surface area contributed by atoms with Gasteiger partial charge in [-0.2, -0.15) is 0 Å². The lowest BCUT2D eigenvalue weighted by molar-refractivity contribution is -0.117. The van der Waals surface area contributed by atoms with Gasteiger partial charge in [0, 0.05) is 28.7 Å². The number of aromatic nitrogens is 1. The number of hydrogen-bond acceptors (Lipinski definition) is 4. The zero-order valence-electron chi connectivity index (χ0n) is 11.6. The number of rotatable bonds is 3. The van der Waals surface area contributed by atoms with Crippen LogP contribution in [0, 0.1) is 5.92 Å². The van der Waals surface area contributed by atoms with E-state index in [1.807, 2.05) is 24.3 Å². The first-order valence-corrected chi connectivity index (χ1v) is 9.20. The zero-order valence-corrected chi connectivity index (χ0v) is 14.0. The van der Waals surface area contributed by atoms with Crippen molar-refractivity contribution >= 4 is 48.6 Å². The van der Waals surface area contributed by atoms with Gasteiger partial charge in [-0.3, -0.25) is 9.69 Å². The van der Waals surface area contributed by atoms with Gasteiger partial charge in [-0.25, -0.2) is 18.5 Å². The fourth-order valence-electron chi connectivity index (χ4n) is 2.68. The molecular weight excluding hydrogens is 370 g/mol. The molecule has 6 nitrogen and oxygen atoms in total. The highest BCUT2D eigenvalue weighted by Crippen LogP contribution is 2.27. The predicted molar refractivity (Wildman–Crippen MR) is 87.9 cm³/mol. The summed E-state index contributed by atoms with van der Waals surface area (Å²) in [5.74, 6) is -0.0604. The van der Waals surface area contributed by atoms with E-state index in [-0.39, 0.29) is 24.0 Å². The summed E-state index contributed by atoms with van der Waals surface area (Å²) in [7, 11) is -3.58. The topological polar surface area (TPSA) is 93.4 Å². The molecule has 1 saturated heterocycles. The average Bonchev–Trinajstić information content (AvgIpc) is 2.76. The van der Waals surface area contributed by atoms with Crippen molar-refractivity contribution in [3.05, 3.63) is 34.8 Å². The number of carbonyl (C=O) groups excluding carboxylic acids is 1. The van der Waals surface area contributed by atoms with Crippen LogP contribution < -0.4 is 10.0 Å². The van der Waals surface area contributed by atoms with Gasteiger partial charge in [-0.1, -0.05) is 15.9 Å². The smallest absolute Gasteiger partial charge is 0.228 e. The van der Waals surface area contributed by atoms with Gasteiger partial charge in [0.1, 0.15) is 5.82 Å². The van der Waals surface area contributed by atoms with Crippen molar-refractivity contribution < 1.29 is 13.2 Å². The zero-order chi connectivity index (χ0) is 15.9. The molecule has 1 fully saturated rings. The number of carbonyl (C=O) groups is 1. The van der Waals surface area contributed by atoms with Crippen LogP contribution in [-0.4, -0.2) is 31.6 Å². The van der Waals surface area contributed by atoms with Gasteiger partial charge < -0.3 is 0 Å². The minimum absolute atomic E-state index is 0.127. The van der Waals surface area contributed by atoms with Crippen molar-refractivity contribution in [3.8, 4) is 0 Å². The molecule has 116 valence electrons. The lowest BCUT2D eigenvalue weighted by atomic mass is 10.1. The third-order valence-corrected chi connectivity index (χ3v) is 5.02. The molecule has 8 heteroatoms. The standard InChI is InChI=1S/C14H14BrN3O3S/c15-11-2-3-12-10(6-11)1-4-13(17-12)18-7-9(5-14(18)19)8-22(16,20)21/h1-4,6,9H,5,7-8H2,(H2,16,20,21). The molecule has 2 heterocycles. The van der Waals surface area contributed by atoms with Gasteiger partial charge in [0.05, 0.1) is 11.3 Å². The third kappa shape index (κ3) is 3.29. The number of hydrogen-bond donors (Lipinski definition) is 1. The van der Waals surface area contributed by atoms with Gasteiger partial charge in [-0.05, 0) is 30.3 Å². The van der Waals surface area contributed by atoms with Crippen LogP contribution in [0.2, 0.25) is 0 Å². The Labute approximate surface area is 136 Å². The molecule has 1 aliphatic rings. The SMILES string of the molecule is NS(=O)(=O)CC1CC(=O)N(c2ccc3cc(Br)ccc3n2)C1. The first kappa shape index (κ1) is 15.4. The average molecular weight is 384 g/mol. The van der Waals surface area contributed by atoms with Crippen LogP contribution in [-0.2, 0) is 14.8 Å². The fraction of sp³-hybridized carbons (Fsp3) is 0.286. The van der Waals surface area contributed by atoms with Crippen LogP contribution in [0.1, 0.15) is 6.42 Å². The summed E-state index contributed by atoms with van der Waals surface area (Å²) < 4.78 is 23.3. The first-order chi connectivity index (χ1) is 10.3. The molecule has 1 atom stereocenters. The summed E-state index contributed by atoms with van der Waals surface area (Å²) in [5.41, 5.74) is 0.781. The number of fused-ring (bicyclic) bond motifs is 1. The Morgan fingerprint density at radius 3 is 2.82 bits per heavy atom. The molecule has 0 radical (unpaired) electrons. The van der Waals surface area contributed by atoms with Crippen LogP contribution in [0.4, 0.5) is 5.82 Å². The molecule has 1 amide bonds. The molecule has 0 bridgehead atoms. The summed E-state index contributed by atoms with van der Waals surface area (Å²) >= 11 is 3.40. The summed E-state index contributed by atoms with van der Waals surface area (Å²) in [6, 6.07) is 9.36. The monoisotopic (exact) mass is 383 g/mol. The number of anilines is 1. The fourth-order valence-corrected chi connectivity index (χ4v) is 3.94. The first-order valence-electron chi connectivity index (χ1n) is 6.69. The number of nitrogens with zero attached hydrogens (tertiary/aromatic N) is 2. The highest BCUT2D eigenvalue weighted by atomic mass is 79.9. The van der Waals surface area contributed by atoms with Crippen molar-refractivity contribution in [2.45, 2.75) is 6.42 Å². The maximum Gasteiger partial charge on any atom is 0.228 e. The van der Waals surface area contributed by atoms with Gasteiger partial charge in [0.25, 0.3) is 0 Å². The molecule has 22 heavy (non-hydrogen) atoms. The highest BCUT2D eigenvalue weighted by molar-refractivity contribution is 9.10. The Morgan fingerprint density at radius 1 is 1.32 bits per heavy atom. The summed E-state index contributed by atoms with van der Waals surface area (Å²) in [6.45, 7) is 0.324. The molecule has 1 aromatic heterocycles. The molecular formula is C14H14BrN3O3S. The lowest BCUT2D eigenvalue weighted by Gasteiger charge is -2.16. The Balaban J connectivity index is 1.88. The second-order valence-electron chi connectivity index (χ2n) is 5.41. The van der Waals surface area contributed by atoms with Crippen molar-refractivity contribution in [2.24, 2.45) is 11.1 Å². The Hall–Kier alpha value is -1.51. The summed E-state index contributed by atoms with van der Waals surface area (Å²) in [6.07, 6.45) is 0.177. The molecule has 0 saturated carbocycles. The van der Waals surface area contributed by atoms with Crippen molar-refractivity contribution in [1.29, 1.82) is 0 Å². The second kappa shape index (κ2) is 5.60. The van der Waals surface area contributed by atoms with E-state index in [0.29, 0.717) is 12.4 Å². The maximum atomic E-state index is 12.1. The van der Waals surface area contributed by atoms with Crippen LogP contribution in [0.3, 0.4) is 0 Å². The van der Waals surface area contributed by atoms with Gasteiger partial charge in [0.15, 0.2) is 0 Å². The lowest BCUT2D eigenvalue weighted by Crippen LogP contribution is -2.28. The molecule has 2 aromatic rings. The molecule has 0 spiro atoms. The number of amides is 1. The number of halogens is 1. The Bertz CT molecular complexity index is 854. The number of pyridine rings is 1. The van der Waals surface area contributed by atoms with Gasteiger partial charge in [0.2, 0.25) is 15.9 Å². The van der Waals surface area contributed by atoms with E-state index in [1.54, 1.807) is 6.07 Å². The highest BCUT2D eigenvalue weighted by Gasteiger charge is 2.33. The minimum Gasteiger partial charge on any atom is -0.296 e. The van der Waals surface area contributed by atoms with Crippen LogP contribution in [0.25, 0.3) is 10.9 Å². The number of benzene rings is 1. The van der Waals surface area contributed by atoms with Gasteiger partial charge >= 0.3 is 0 Å². The van der Waals surface area contributed by atoms with Crippen LogP contribution >= 0.6 is 15.9 Å². The quantitative estimate of drug-likeness (QED) is 0.871. The maximum absolute atomic E-state index is 12.1. The summed E-state index contributed by atoms with van der Waals surface area (Å²) in [5, 5.41) is 6.02. The molecule has 1 aromatic carbocycles. The van der Waals surface area contributed by atoms with Crippen LogP contribution in [0.5, 0.6) is 0 Å². The number of primary sulfonamides is 1. The minimum atomic E-state index is -3.58. The Kier molecular flexibility index (Phi) is 3.92. The van der Waals surface area contributed by atoms with E-state index in [0.717, 1.165) is 15.4 Å². The van der Waals surface area contributed by atoms with E-state index in [4.69, 9.17) is 5.14 Å². The van der Waals surface area contributed by atoms with E-state index in [2.05, 4.69) is 20.9 Å². The number of nitrogens with two attached hydrogens (primary N) is 1. The van der Waals surface area contributed by atoms with E-state index in [1.165, 1.54) is 4.90 Å². The van der Waals surface area contributed by atoms with E-state index in [9.17, 15) is 13.2 Å². The second-order valence-corrected chi connectivity index (χ2v) is 7.99. The number of sulfonamides is 1. The Morgan fingerprint density at radius 2 is 2.09 bits per heavy atom. The van der Waals surface area contributed by atoms with Gasteiger partial charge in [-0.15, -0.1) is 0 Å². The molecule has 1 unspecified atom stereocenters. The van der Waals surface area contributed by atoms with E-state index < -0.39 is 10.0 Å². The van der Waals surface area contributed by atoms with Crippen molar-refractivity contribution in [1.82, 2.24) is 4.98 Å². The van der Waals surface area contributed by atoms with Crippen molar-refractivity contribution in [3.63, 3.8) is 0 Å². The molecule has 1 aliphatic heterocycles. The van der Waals surface area contributed by atoms with Crippen LogP contribution in [0.15, 0.2) is 34.8 Å². The van der Waals surface area contributed by atoms with E-state index >= 15 is 0 Å². The molecule has 2 N–H and O–H groups in total. The molecule has 3 rings (SSSR count). The van der Waals surface area contributed by atoms with Crippen molar-refractivity contribution in [2.75, 3.05) is 17.2 Å². The predicted octanol–water partition coefficient (Wildman–Crippen LogP) is 1.64.